The Bertz CT molecular complexity index is 1400. The molecule has 2 rings (SSSR count). The van der Waals surface area contributed by atoms with E-state index in [4.69, 9.17) is 4.99 Å². The van der Waals surface area contributed by atoms with Crippen molar-refractivity contribution >= 4 is 5.71 Å². The molecule has 1 aromatic heterocycles. The first-order chi connectivity index (χ1) is 18.0. The van der Waals surface area contributed by atoms with E-state index in [1.807, 2.05) is 26.0 Å². The fourth-order valence-corrected chi connectivity index (χ4v) is 4.24. The van der Waals surface area contributed by atoms with Gasteiger partial charge in [-0.1, -0.05) is 58.3 Å². The van der Waals surface area contributed by atoms with Gasteiger partial charge in [0.15, 0.2) is 0 Å². The van der Waals surface area contributed by atoms with Crippen molar-refractivity contribution < 1.29 is 0 Å². The van der Waals surface area contributed by atoms with E-state index in [1.165, 1.54) is 11.1 Å². The monoisotopic (exact) mass is 515 g/mol. The zero-order valence-corrected chi connectivity index (χ0v) is 24.1. The average molecular weight is 516 g/mol. The summed E-state index contributed by atoms with van der Waals surface area (Å²) in [6.07, 6.45) is 11.4. The number of nitriles is 1. The van der Waals surface area contributed by atoms with E-state index < -0.39 is 11.2 Å². The van der Waals surface area contributed by atoms with Gasteiger partial charge < -0.3 is 0 Å². The lowest BCUT2D eigenvalue weighted by molar-refractivity contribution is 0.739. The minimum absolute atomic E-state index is 0.356. The maximum Gasteiger partial charge on any atom is 0.349 e. The lowest BCUT2D eigenvalue weighted by Gasteiger charge is -2.17. The number of aryl methyl sites for hydroxylation is 2. The molecule has 0 aliphatic rings. The summed E-state index contributed by atoms with van der Waals surface area (Å²) in [5.41, 5.74) is 6.20. The number of rotatable bonds is 11. The van der Waals surface area contributed by atoms with E-state index in [9.17, 15) is 14.9 Å². The molecule has 7 nitrogen and oxygen atoms in total. The Labute approximate surface area is 226 Å². The molecule has 7 heteroatoms. The first-order valence-corrected chi connectivity index (χ1v) is 13.4. The molecular formula is C31H41N5O2. The molecule has 202 valence electrons. The highest BCUT2D eigenvalue weighted by Gasteiger charge is 2.15. The molecule has 0 spiro atoms. The summed E-state index contributed by atoms with van der Waals surface area (Å²) in [6, 6.07) is 5.44. The SMILES string of the molecule is CCC/C=C(\C(N=C(/C=C/CCC)Cc1c(C)cc(-n2nc(C#N)c(=O)[nH]c2=O)cc1C)=C(C)C)C(C)C. The fraction of sp³-hybridized carbons (Fsp3) is 0.452. The van der Waals surface area contributed by atoms with Crippen molar-refractivity contribution in [3.05, 3.63) is 90.4 Å². The van der Waals surface area contributed by atoms with E-state index in [0.29, 0.717) is 18.0 Å². The highest BCUT2D eigenvalue weighted by molar-refractivity contribution is 5.98. The van der Waals surface area contributed by atoms with Crippen LogP contribution in [0.4, 0.5) is 0 Å². The fourth-order valence-electron chi connectivity index (χ4n) is 4.24. The predicted molar refractivity (Wildman–Crippen MR) is 156 cm³/mol. The highest BCUT2D eigenvalue weighted by Crippen LogP contribution is 2.26. The third-order valence-corrected chi connectivity index (χ3v) is 6.26. The van der Waals surface area contributed by atoms with Crippen LogP contribution in [-0.2, 0) is 6.42 Å². The molecule has 0 amide bonds. The topological polar surface area (TPSA) is 104 Å². The Morgan fingerprint density at radius 2 is 1.76 bits per heavy atom. The Morgan fingerprint density at radius 3 is 2.29 bits per heavy atom. The van der Waals surface area contributed by atoms with E-state index in [1.54, 1.807) is 6.07 Å². The molecule has 0 fully saturated rings. The van der Waals surface area contributed by atoms with Crippen LogP contribution in [0.3, 0.4) is 0 Å². The quantitative estimate of drug-likeness (QED) is 0.275. The first kappa shape index (κ1) is 30.4. The summed E-state index contributed by atoms with van der Waals surface area (Å²) in [5, 5.41) is 13.1. The summed E-state index contributed by atoms with van der Waals surface area (Å²) >= 11 is 0. The number of allylic oxidation sites excluding steroid dienone is 5. The zero-order chi connectivity index (χ0) is 28.4. The second-order valence-electron chi connectivity index (χ2n) is 10.1. The van der Waals surface area contributed by atoms with Gasteiger partial charge >= 0.3 is 5.69 Å². The largest absolute Gasteiger partial charge is 0.349 e. The molecule has 0 atom stereocenters. The lowest BCUT2D eigenvalue weighted by Crippen LogP contribution is -2.33. The summed E-state index contributed by atoms with van der Waals surface area (Å²) in [6.45, 7) is 17.0. The van der Waals surface area contributed by atoms with Crippen molar-refractivity contribution in [2.24, 2.45) is 10.9 Å². The van der Waals surface area contributed by atoms with Crippen LogP contribution >= 0.6 is 0 Å². The number of benzene rings is 1. The van der Waals surface area contributed by atoms with Gasteiger partial charge in [-0.2, -0.15) is 9.94 Å². The summed E-state index contributed by atoms with van der Waals surface area (Å²) in [5.74, 6) is 0.361. The number of unbranched alkanes of at least 4 members (excludes halogenated alkanes) is 2. The summed E-state index contributed by atoms with van der Waals surface area (Å²) in [4.78, 5) is 31.6. The van der Waals surface area contributed by atoms with Crippen LogP contribution in [-0.4, -0.2) is 20.5 Å². The summed E-state index contributed by atoms with van der Waals surface area (Å²) in [7, 11) is 0. The minimum Gasteiger partial charge on any atom is -0.270 e. The Hall–Kier alpha value is -3.79. The van der Waals surface area contributed by atoms with Gasteiger partial charge in [0.25, 0.3) is 5.56 Å². The minimum atomic E-state index is -0.789. The van der Waals surface area contributed by atoms with Gasteiger partial charge in [-0.3, -0.25) is 14.8 Å². The number of aromatic amines is 1. The normalized spacial score (nSPS) is 12.3. The lowest BCUT2D eigenvalue weighted by atomic mass is 9.94. The molecule has 1 aromatic carbocycles. The van der Waals surface area contributed by atoms with Gasteiger partial charge in [0.05, 0.1) is 11.4 Å². The maximum atomic E-state index is 12.4. The Balaban J connectivity index is 2.63. The molecular weight excluding hydrogens is 474 g/mol. The molecule has 2 aromatic rings. The van der Waals surface area contributed by atoms with Crippen molar-refractivity contribution in [1.82, 2.24) is 14.8 Å². The molecule has 0 saturated heterocycles. The summed E-state index contributed by atoms with van der Waals surface area (Å²) < 4.78 is 1.06. The van der Waals surface area contributed by atoms with Crippen molar-refractivity contribution in [3.8, 4) is 11.8 Å². The zero-order valence-electron chi connectivity index (χ0n) is 24.1. The van der Waals surface area contributed by atoms with Crippen LogP contribution in [0.5, 0.6) is 0 Å². The van der Waals surface area contributed by atoms with Crippen LogP contribution < -0.4 is 11.2 Å². The van der Waals surface area contributed by atoms with Gasteiger partial charge in [-0.05, 0) is 86.9 Å². The predicted octanol–water partition coefficient (Wildman–Crippen LogP) is 6.43. The van der Waals surface area contributed by atoms with Crippen LogP contribution in [0.25, 0.3) is 5.69 Å². The number of aromatic nitrogens is 3. The number of nitrogens with zero attached hydrogens (tertiary/aromatic N) is 4. The van der Waals surface area contributed by atoms with Crippen LogP contribution in [0.15, 0.2) is 61.8 Å². The van der Waals surface area contributed by atoms with E-state index in [0.717, 1.165) is 58.5 Å². The van der Waals surface area contributed by atoms with Crippen LogP contribution in [0.1, 0.15) is 89.6 Å². The second-order valence-corrected chi connectivity index (χ2v) is 10.1. The number of H-pyrrole nitrogens is 1. The van der Waals surface area contributed by atoms with Crippen molar-refractivity contribution in [2.75, 3.05) is 0 Å². The highest BCUT2D eigenvalue weighted by atomic mass is 16.2. The van der Waals surface area contributed by atoms with Crippen molar-refractivity contribution in [3.63, 3.8) is 0 Å². The van der Waals surface area contributed by atoms with Crippen LogP contribution in [0.2, 0.25) is 0 Å². The Morgan fingerprint density at radius 1 is 1.13 bits per heavy atom. The second kappa shape index (κ2) is 14.2. The number of hydrogen-bond donors (Lipinski definition) is 1. The van der Waals surface area contributed by atoms with E-state index in [-0.39, 0.29) is 5.69 Å². The smallest absolute Gasteiger partial charge is 0.270 e. The van der Waals surface area contributed by atoms with E-state index in [2.05, 4.69) is 69.9 Å². The van der Waals surface area contributed by atoms with Gasteiger partial charge in [-0.25, -0.2) is 4.79 Å². The molecule has 38 heavy (non-hydrogen) atoms. The van der Waals surface area contributed by atoms with Crippen LogP contribution in [0, 0.1) is 31.1 Å². The number of nitrogens with one attached hydrogen (secondary N) is 1. The number of aliphatic imine (C=N–C) groups is 1. The molecule has 0 aliphatic heterocycles. The molecule has 1 N–H and O–H groups in total. The molecule has 0 bridgehead atoms. The molecule has 0 unspecified atom stereocenters. The molecule has 1 heterocycles. The maximum absolute atomic E-state index is 12.4. The third-order valence-electron chi connectivity index (χ3n) is 6.26. The number of hydrogen-bond acceptors (Lipinski definition) is 5. The first-order valence-electron chi connectivity index (χ1n) is 13.4. The van der Waals surface area contributed by atoms with Crippen molar-refractivity contribution in [1.29, 1.82) is 5.26 Å². The van der Waals surface area contributed by atoms with E-state index >= 15 is 0 Å². The van der Waals surface area contributed by atoms with Gasteiger partial charge in [0.2, 0.25) is 5.69 Å². The standard InChI is InChI=1S/C31H41N5O2/c1-9-11-13-14-24(33-29(21(5)6)26(20(3)4)15-12-10-2)18-27-22(7)16-25(17-23(27)8)36-31(38)34-30(37)28(19-32)35-36/h13-17,20H,9-12,18H2,1-8H3,(H,34,37,38)/b14-13+,26-15-,33-24?. The Kier molecular flexibility index (Phi) is 11.4. The average Bonchev–Trinajstić information content (AvgIpc) is 2.85. The molecule has 0 radical (unpaired) electrons. The third kappa shape index (κ3) is 7.85. The van der Waals surface area contributed by atoms with Gasteiger partial charge in [0.1, 0.15) is 6.07 Å². The van der Waals surface area contributed by atoms with Gasteiger partial charge in [-0.15, -0.1) is 5.10 Å². The van der Waals surface area contributed by atoms with Crippen molar-refractivity contribution in [2.45, 2.75) is 87.5 Å². The molecule has 0 saturated carbocycles. The van der Waals surface area contributed by atoms with Gasteiger partial charge in [0, 0.05) is 12.1 Å². The molecule has 0 aliphatic carbocycles.